The Morgan fingerprint density at radius 2 is 1.88 bits per heavy atom. The molecule has 3 rings (SSSR count). The fraction of sp³-hybridized carbons (Fsp3) is 0.176. The average Bonchev–Trinajstić information content (AvgIpc) is 2.94. The van der Waals surface area contributed by atoms with Gasteiger partial charge in [0.2, 0.25) is 5.91 Å². The third-order valence-corrected chi connectivity index (χ3v) is 4.55. The Balaban J connectivity index is 1.65. The molecule has 0 spiro atoms. The van der Waals surface area contributed by atoms with Gasteiger partial charge in [-0.15, -0.1) is 11.3 Å². The SMILES string of the molecule is Cc1nc2ccc(N[C@H](C)C(=O)Nc3ccc([N+](=O)[O-])cc3)cc2s1. The number of benzene rings is 2. The summed E-state index contributed by atoms with van der Waals surface area (Å²) in [6, 6.07) is 11.0. The van der Waals surface area contributed by atoms with Gasteiger partial charge in [-0.1, -0.05) is 0 Å². The van der Waals surface area contributed by atoms with E-state index in [9.17, 15) is 14.9 Å². The van der Waals surface area contributed by atoms with Crippen LogP contribution in [-0.4, -0.2) is 21.9 Å². The van der Waals surface area contributed by atoms with E-state index in [1.54, 1.807) is 18.3 Å². The number of thiazole rings is 1. The fourth-order valence-corrected chi connectivity index (χ4v) is 3.23. The Labute approximate surface area is 147 Å². The third-order valence-electron chi connectivity index (χ3n) is 3.62. The summed E-state index contributed by atoms with van der Waals surface area (Å²) >= 11 is 1.60. The van der Waals surface area contributed by atoms with Gasteiger partial charge in [0, 0.05) is 23.5 Å². The van der Waals surface area contributed by atoms with E-state index in [-0.39, 0.29) is 11.6 Å². The first-order valence-corrected chi connectivity index (χ1v) is 8.43. The van der Waals surface area contributed by atoms with Crippen molar-refractivity contribution in [2.75, 3.05) is 10.6 Å². The van der Waals surface area contributed by atoms with Crippen molar-refractivity contribution in [2.45, 2.75) is 19.9 Å². The Kier molecular flexibility index (Phi) is 4.62. The lowest BCUT2D eigenvalue weighted by atomic mass is 10.2. The van der Waals surface area contributed by atoms with Crippen LogP contribution in [0.25, 0.3) is 10.2 Å². The minimum absolute atomic E-state index is 0.0164. The lowest BCUT2D eigenvalue weighted by molar-refractivity contribution is -0.384. The number of carbonyl (C=O) groups excluding carboxylic acids is 1. The monoisotopic (exact) mass is 356 g/mol. The van der Waals surface area contributed by atoms with E-state index in [0.29, 0.717) is 5.69 Å². The molecule has 0 aliphatic carbocycles. The van der Waals surface area contributed by atoms with Crippen LogP contribution in [0.2, 0.25) is 0 Å². The summed E-state index contributed by atoms with van der Waals surface area (Å²) in [6.07, 6.45) is 0. The van der Waals surface area contributed by atoms with Crippen LogP contribution < -0.4 is 10.6 Å². The number of aryl methyl sites for hydroxylation is 1. The summed E-state index contributed by atoms with van der Waals surface area (Å²) in [5.41, 5.74) is 2.27. The van der Waals surface area contributed by atoms with Gasteiger partial charge >= 0.3 is 0 Å². The first kappa shape index (κ1) is 16.8. The molecule has 0 saturated carbocycles. The number of amides is 1. The number of hydrogen-bond donors (Lipinski definition) is 2. The molecule has 1 atom stereocenters. The van der Waals surface area contributed by atoms with Crippen molar-refractivity contribution in [1.29, 1.82) is 0 Å². The van der Waals surface area contributed by atoms with Crippen LogP contribution in [0.15, 0.2) is 42.5 Å². The smallest absolute Gasteiger partial charge is 0.269 e. The predicted octanol–water partition coefficient (Wildman–Crippen LogP) is 3.95. The van der Waals surface area contributed by atoms with E-state index < -0.39 is 11.0 Å². The second kappa shape index (κ2) is 6.86. The number of rotatable bonds is 5. The number of aromatic nitrogens is 1. The van der Waals surface area contributed by atoms with Crippen molar-refractivity contribution >= 4 is 44.5 Å². The molecule has 0 saturated heterocycles. The highest BCUT2D eigenvalue weighted by molar-refractivity contribution is 7.18. The lowest BCUT2D eigenvalue weighted by Gasteiger charge is -2.15. The van der Waals surface area contributed by atoms with Gasteiger partial charge in [-0.2, -0.15) is 0 Å². The minimum atomic E-state index is -0.479. The quantitative estimate of drug-likeness (QED) is 0.533. The summed E-state index contributed by atoms with van der Waals surface area (Å²) in [7, 11) is 0. The standard InChI is InChI=1S/C17H16N4O3S/c1-10(17(22)20-12-3-6-14(7-4-12)21(23)24)18-13-5-8-15-16(9-13)25-11(2)19-15/h3-10,18H,1-2H3,(H,20,22)/t10-/m1/s1. The molecule has 1 heterocycles. The summed E-state index contributed by atoms with van der Waals surface area (Å²) in [5, 5.41) is 17.5. The number of nitrogens with zero attached hydrogens (tertiary/aromatic N) is 2. The number of non-ortho nitro benzene ring substituents is 1. The maximum absolute atomic E-state index is 12.3. The number of carbonyl (C=O) groups is 1. The number of nitro benzene ring substituents is 1. The van der Waals surface area contributed by atoms with E-state index in [1.165, 1.54) is 24.3 Å². The van der Waals surface area contributed by atoms with Crippen LogP contribution in [0.5, 0.6) is 0 Å². The van der Waals surface area contributed by atoms with Crippen molar-refractivity contribution in [3.8, 4) is 0 Å². The van der Waals surface area contributed by atoms with Gasteiger partial charge < -0.3 is 10.6 Å². The van der Waals surface area contributed by atoms with E-state index >= 15 is 0 Å². The molecule has 0 aliphatic heterocycles. The second-order valence-corrected chi connectivity index (χ2v) is 6.81. The average molecular weight is 356 g/mol. The van der Waals surface area contributed by atoms with Crippen molar-refractivity contribution in [3.05, 3.63) is 57.6 Å². The van der Waals surface area contributed by atoms with Gasteiger partial charge in [0.25, 0.3) is 5.69 Å². The van der Waals surface area contributed by atoms with Crippen LogP contribution >= 0.6 is 11.3 Å². The molecule has 1 amide bonds. The summed E-state index contributed by atoms with van der Waals surface area (Å²) in [4.78, 5) is 26.9. The maximum Gasteiger partial charge on any atom is 0.269 e. The lowest BCUT2D eigenvalue weighted by Crippen LogP contribution is -2.31. The van der Waals surface area contributed by atoms with E-state index in [0.717, 1.165) is 20.9 Å². The Bertz CT molecular complexity index is 937. The van der Waals surface area contributed by atoms with Gasteiger partial charge in [0.15, 0.2) is 0 Å². The Morgan fingerprint density at radius 3 is 2.56 bits per heavy atom. The number of fused-ring (bicyclic) bond motifs is 1. The third kappa shape index (κ3) is 3.92. The van der Waals surface area contributed by atoms with E-state index in [1.807, 2.05) is 25.1 Å². The molecule has 0 unspecified atom stereocenters. The first-order valence-electron chi connectivity index (χ1n) is 7.61. The molecule has 2 N–H and O–H groups in total. The Morgan fingerprint density at radius 1 is 1.20 bits per heavy atom. The highest BCUT2D eigenvalue weighted by Gasteiger charge is 2.14. The topological polar surface area (TPSA) is 97.2 Å². The molecule has 128 valence electrons. The molecule has 2 aromatic carbocycles. The second-order valence-electron chi connectivity index (χ2n) is 5.57. The highest BCUT2D eigenvalue weighted by Crippen LogP contribution is 2.25. The van der Waals surface area contributed by atoms with Crippen molar-refractivity contribution in [1.82, 2.24) is 4.98 Å². The number of anilines is 2. The van der Waals surface area contributed by atoms with E-state index in [4.69, 9.17) is 0 Å². The van der Waals surface area contributed by atoms with E-state index in [2.05, 4.69) is 15.6 Å². The van der Waals surface area contributed by atoms with Gasteiger partial charge in [-0.3, -0.25) is 14.9 Å². The van der Waals surface area contributed by atoms with Crippen molar-refractivity contribution in [3.63, 3.8) is 0 Å². The minimum Gasteiger partial charge on any atom is -0.374 e. The molecule has 8 heteroatoms. The normalized spacial score (nSPS) is 11.9. The molecule has 0 bridgehead atoms. The van der Waals surface area contributed by atoms with Gasteiger partial charge in [0.05, 0.1) is 20.1 Å². The molecule has 1 aromatic heterocycles. The number of nitrogens with one attached hydrogen (secondary N) is 2. The van der Waals surface area contributed by atoms with Gasteiger partial charge in [0.1, 0.15) is 6.04 Å². The summed E-state index contributed by atoms with van der Waals surface area (Å²) in [5.74, 6) is -0.227. The molecule has 0 fully saturated rings. The van der Waals surface area contributed by atoms with Crippen molar-refractivity contribution < 1.29 is 9.72 Å². The van der Waals surface area contributed by atoms with Crippen LogP contribution in [-0.2, 0) is 4.79 Å². The number of hydrogen-bond acceptors (Lipinski definition) is 6. The molecule has 0 radical (unpaired) electrons. The molecular weight excluding hydrogens is 340 g/mol. The van der Waals surface area contributed by atoms with Crippen LogP contribution in [0.3, 0.4) is 0 Å². The predicted molar refractivity (Wildman–Crippen MR) is 99.2 cm³/mol. The summed E-state index contributed by atoms with van der Waals surface area (Å²) in [6.45, 7) is 3.71. The van der Waals surface area contributed by atoms with Crippen molar-refractivity contribution in [2.24, 2.45) is 0 Å². The molecule has 3 aromatic rings. The number of nitro groups is 1. The molecule has 7 nitrogen and oxygen atoms in total. The van der Waals surface area contributed by atoms with Crippen LogP contribution in [0.1, 0.15) is 11.9 Å². The first-order chi connectivity index (χ1) is 11.9. The zero-order valence-electron chi connectivity index (χ0n) is 13.6. The summed E-state index contributed by atoms with van der Waals surface area (Å²) < 4.78 is 1.06. The zero-order chi connectivity index (χ0) is 18.0. The highest BCUT2D eigenvalue weighted by atomic mass is 32.1. The molecular formula is C17H16N4O3S. The molecule has 0 aliphatic rings. The largest absolute Gasteiger partial charge is 0.374 e. The van der Waals surface area contributed by atoms with Gasteiger partial charge in [-0.05, 0) is 44.2 Å². The van der Waals surface area contributed by atoms with Crippen LogP contribution in [0.4, 0.5) is 17.1 Å². The Hall–Kier alpha value is -3.00. The van der Waals surface area contributed by atoms with Gasteiger partial charge in [-0.25, -0.2) is 4.98 Å². The molecule has 25 heavy (non-hydrogen) atoms. The zero-order valence-corrected chi connectivity index (χ0v) is 14.5. The van der Waals surface area contributed by atoms with Crippen LogP contribution in [0, 0.1) is 17.0 Å². The fourth-order valence-electron chi connectivity index (χ4n) is 2.36. The maximum atomic E-state index is 12.3.